The molecule has 0 saturated heterocycles. The van der Waals surface area contributed by atoms with Crippen molar-refractivity contribution in [1.82, 2.24) is 0 Å². The monoisotopic (exact) mass is 281 g/mol. The van der Waals surface area contributed by atoms with Crippen molar-refractivity contribution in [2.75, 3.05) is 5.32 Å². The molecule has 1 aromatic rings. The van der Waals surface area contributed by atoms with Crippen LogP contribution < -0.4 is 5.32 Å². The molecule has 0 radical (unpaired) electrons. The van der Waals surface area contributed by atoms with Crippen LogP contribution in [0.5, 0.6) is 0 Å². The van der Waals surface area contributed by atoms with Gasteiger partial charge in [-0.25, -0.2) is 0 Å². The van der Waals surface area contributed by atoms with Gasteiger partial charge in [0.15, 0.2) is 0 Å². The van der Waals surface area contributed by atoms with Crippen LogP contribution in [-0.4, -0.2) is 6.04 Å². The molecule has 1 fully saturated rings. The van der Waals surface area contributed by atoms with Gasteiger partial charge < -0.3 is 5.32 Å². The van der Waals surface area contributed by atoms with Crippen LogP contribution in [0.1, 0.15) is 38.7 Å². The normalized spacial score (nSPS) is 24.7. The summed E-state index contributed by atoms with van der Waals surface area (Å²) in [5.74, 6) is 0.813. The molecule has 0 amide bonds. The van der Waals surface area contributed by atoms with Gasteiger partial charge >= 0.3 is 0 Å². The summed E-state index contributed by atoms with van der Waals surface area (Å²) in [6.07, 6.45) is 5.15. The zero-order chi connectivity index (χ0) is 11.5. The number of rotatable bonds is 3. The maximum atomic E-state index is 3.72. The first kappa shape index (κ1) is 12.0. The maximum absolute atomic E-state index is 3.72. The number of nitrogens with one attached hydrogen (secondary N) is 1. The minimum absolute atomic E-state index is 0.673. The first-order valence-electron chi connectivity index (χ1n) is 6.25. The van der Waals surface area contributed by atoms with Crippen molar-refractivity contribution in [2.24, 2.45) is 5.92 Å². The van der Waals surface area contributed by atoms with E-state index in [9.17, 15) is 0 Å². The lowest BCUT2D eigenvalue weighted by molar-refractivity contribution is 0.556. The third kappa shape index (κ3) is 2.60. The van der Waals surface area contributed by atoms with Crippen LogP contribution >= 0.6 is 15.9 Å². The number of hydrogen-bond donors (Lipinski definition) is 1. The smallest absolute Gasteiger partial charge is 0.0375 e. The molecule has 2 unspecified atom stereocenters. The lowest BCUT2D eigenvalue weighted by Crippen LogP contribution is -2.22. The molecule has 2 rings (SSSR count). The van der Waals surface area contributed by atoms with Crippen molar-refractivity contribution in [1.29, 1.82) is 0 Å². The fourth-order valence-electron chi connectivity index (χ4n) is 2.56. The van der Waals surface area contributed by atoms with Crippen LogP contribution in [0.4, 0.5) is 5.69 Å². The Balaban J connectivity index is 2.14. The molecule has 2 atom stereocenters. The summed E-state index contributed by atoms with van der Waals surface area (Å²) < 4.78 is 1.18. The van der Waals surface area contributed by atoms with Gasteiger partial charge in [-0.1, -0.05) is 36.2 Å². The second kappa shape index (κ2) is 5.22. The lowest BCUT2D eigenvalue weighted by atomic mass is 10.0. The second-order valence-electron chi connectivity index (χ2n) is 4.81. The van der Waals surface area contributed by atoms with Crippen molar-refractivity contribution in [3.05, 3.63) is 28.2 Å². The average Bonchev–Trinajstić information content (AvgIpc) is 2.67. The Morgan fingerprint density at radius 3 is 2.81 bits per heavy atom. The van der Waals surface area contributed by atoms with E-state index < -0.39 is 0 Å². The van der Waals surface area contributed by atoms with Crippen molar-refractivity contribution in [3.8, 4) is 0 Å². The molecule has 1 aromatic carbocycles. The quantitative estimate of drug-likeness (QED) is 0.853. The van der Waals surface area contributed by atoms with E-state index in [1.165, 1.54) is 35.0 Å². The Morgan fingerprint density at radius 1 is 1.38 bits per heavy atom. The highest BCUT2D eigenvalue weighted by Gasteiger charge is 2.23. The summed E-state index contributed by atoms with van der Waals surface area (Å²) in [7, 11) is 0. The SMILES string of the molecule is CCc1cc(Br)ccc1NC1CCCC1C. The van der Waals surface area contributed by atoms with Gasteiger partial charge in [0.2, 0.25) is 0 Å². The molecule has 2 heteroatoms. The number of aryl methyl sites for hydroxylation is 1. The molecule has 1 saturated carbocycles. The third-order valence-electron chi connectivity index (χ3n) is 3.65. The first-order chi connectivity index (χ1) is 7.70. The number of benzene rings is 1. The summed E-state index contributed by atoms with van der Waals surface area (Å²) in [6.45, 7) is 4.57. The van der Waals surface area contributed by atoms with Gasteiger partial charge in [-0.3, -0.25) is 0 Å². The molecule has 1 aliphatic carbocycles. The fourth-order valence-corrected chi connectivity index (χ4v) is 2.96. The minimum atomic E-state index is 0.673. The zero-order valence-electron chi connectivity index (χ0n) is 10.1. The van der Waals surface area contributed by atoms with E-state index in [2.05, 4.69) is 53.3 Å². The summed E-state index contributed by atoms with van der Waals surface area (Å²) in [5.41, 5.74) is 2.73. The van der Waals surface area contributed by atoms with E-state index in [0.29, 0.717) is 6.04 Å². The average molecular weight is 282 g/mol. The van der Waals surface area contributed by atoms with Gasteiger partial charge in [0.25, 0.3) is 0 Å². The van der Waals surface area contributed by atoms with E-state index in [0.717, 1.165) is 12.3 Å². The molecule has 16 heavy (non-hydrogen) atoms. The molecule has 1 nitrogen and oxygen atoms in total. The Labute approximate surface area is 107 Å². The van der Waals surface area contributed by atoms with Crippen molar-refractivity contribution in [2.45, 2.75) is 45.6 Å². The van der Waals surface area contributed by atoms with E-state index >= 15 is 0 Å². The van der Waals surface area contributed by atoms with Crippen LogP contribution in [-0.2, 0) is 6.42 Å². The van der Waals surface area contributed by atoms with Gasteiger partial charge in [-0.05, 0) is 48.9 Å². The highest BCUT2D eigenvalue weighted by molar-refractivity contribution is 9.10. The predicted octanol–water partition coefficient (Wildman–Crippen LogP) is 4.61. The zero-order valence-corrected chi connectivity index (χ0v) is 11.7. The topological polar surface area (TPSA) is 12.0 Å². The van der Waals surface area contributed by atoms with Gasteiger partial charge in [-0.15, -0.1) is 0 Å². The Morgan fingerprint density at radius 2 is 2.19 bits per heavy atom. The van der Waals surface area contributed by atoms with Gasteiger partial charge in [-0.2, -0.15) is 0 Å². The Kier molecular flexibility index (Phi) is 3.91. The summed E-state index contributed by atoms with van der Waals surface area (Å²) in [5, 5.41) is 3.72. The van der Waals surface area contributed by atoms with E-state index in [1.807, 2.05) is 0 Å². The molecule has 0 bridgehead atoms. The van der Waals surface area contributed by atoms with E-state index in [-0.39, 0.29) is 0 Å². The summed E-state index contributed by atoms with van der Waals surface area (Å²) in [6, 6.07) is 7.23. The molecular formula is C14H20BrN. The Bertz CT molecular complexity index is 362. The second-order valence-corrected chi connectivity index (χ2v) is 5.73. The first-order valence-corrected chi connectivity index (χ1v) is 7.05. The molecule has 0 aliphatic heterocycles. The van der Waals surface area contributed by atoms with Gasteiger partial charge in [0.05, 0.1) is 0 Å². The van der Waals surface area contributed by atoms with Crippen LogP contribution in [0.25, 0.3) is 0 Å². The maximum Gasteiger partial charge on any atom is 0.0375 e. The molecule has 0 heterocycles. The minimum Gasteiger partial charge on any atom is -0.382 e. The molecular weight excluding hydrogens is 262 g/mol. The fraction of sp³-hybridized carbons (Fsp3) is 0.571. The predicted molar refractivity (Wildman–Crippen MR) is 73.9 cm³/mol. The standard InChI is InChI=1S/C14H20BrN/c1-3-11-9-12(15)7-8-14(11)16-13-6-4-5-10(13)2/h7-10,13,16H,3-6H2,1-2H3. The summed E-state index contributed by atoms with van der Waals surface area (Å²) in [4.78, 5) is 0. The van der Waals surface area contributed by atoms with Crippen molar-refractivity contribution < 1.29 is 0 Å². The number of anilines is 1. The molecule has 1 aliphatic rings. The lowest BCUT2D eigenvalue weighted by Gasteiger charge is -2.21. The largest absolute Gasteiger partial charge is 0.382 e. The molecule has 0 aromatic heterocycles. The van der Waals surface area contributed by atoms with Crippen LogP contribution in [0.15, 0.2) is 22.7 Å². The molecule has 1 N–H and O–H groups in total. The Hall–Kier alpha value is -0.500. The highest BCUT2D eigenvalue weighted by Crippen LogP contribution is 2.30. The van der Waals surface area contributed by atoms with Gasteiger partial charge in [0.1, 0.15) is 0 Å². The summed E-state index contributed by atoms with van der Waals surface area (Å²) >= 11 is 3.53. The van der Waals surface area contributed by atoms with Crippen molar-refractivity contribution in [3.63, 3.8) is 0 Å². The number of halogens is 1. The number of hydrogen-bond acceptors (Lipinski definition) is 1. The van der Waals surface area contributed by atoms with Crippen LogP contribution in [0.2, 0.25) is 0 Å². The van der Waals surface area contributed by atoms with Gasteiger partial charge in [0, 0.05) is 16.2 Å². The molecule has 88 valence electrons. The highest BCUT2D eigenvalue weighted by atomic mass is 79.9. The molecule has 0 spiro atoms. The van der Waals surface area contributed by atoms with E-state index in [4.69, 9.17) is 0 Å². The van der Waals surface area contributed by atoms with Crippen LogP contribution in [0, 0.1) is 5.92 Å². The van der Waals surface area contributed by atoms with Crippen LogP contribution in [0.3, 0.4) is 0 Å². The van der Waals surface area contributed by atoms with E-state index in [1.54, 1.807) is 0 Å². The third-order valence-corrected chi connectivity index (χ3v) is 4.14. The van der Waals surface area contributed by atoms with Crippen molar-refractivity contribution >= 4 is 21.6 Å².